The van der Waals surface area contributed by atoms with Crippen molar-refractivity contribution >= 4 is 17.5 Å². The van der Waals surface area contributed by atoms with Crippen LogP contribution in [0, 0.1) is 13.8 Å². The first-order valence-corrected chi connectivity index (χ1v) is 9.59. The Labute approximate surface area is 170 Å². The van der Waals surface area contributed by atoms with Crippen LogP contribution < -0.4 is 16.0 Å². The SMILES string of the molecule is Cc1cccc(NC(=O)CNC(=O)C[NH2+][C@H](c2ccccc2)c2ccco2)c1C. The molecule has 29 heavy (non-hydrogen) atoms. The minimum Gasteiger partial charge on any atom is -0.463 e. The van der Waals surface area contributed by atoms with E-state index in [1.165, 1.54) is 0 Å². The Morgan fingerprint density at radius 1 is 0.966 bits per heavy atom. The Kier molecular flexibility index (Phi) is 6.81. The van der Waals surface area contributed by atoms with Crippen LogP contribution in [0.25, 0.3) is 0 Å². The molecule has 1 atom stereocenters. The monoisotopic (exact) mass is 392 g/mol. The van der Waals surface area contributed by atoms with Crippen LogP contribution in [-0.2, 0) is 9.59 Å². The molecule has 0 unspecified atom stereocenters. The molecule has 0 saturated carbocycles. The highest BCUT2D eigenvalue weighted by Gasteiger charge is 2.21. The number of furan rings is 1. The summed E-state index contributed by atoms with van der Waals surface area (Å²) >= 11 is 0. The van der Waals surface area contributed by atoms with E-state index in [2.05, 4.69) is 10.6 Å². The van der Waals surface area contributed by atoms with E-state index in [0.29, 0.717) is 0 Å². The van der Waals surface area contributed by atoms with Gasteiger partial charge in [0.2, 0.25) is 5.91 Å². The predicted molar refractivity (Wildman–Crippen MR) is 111 cm³/mol. The predicted octanol–water partition coefficient (Wildman–Crippen LogP) is 2.30. The second-order valence-corrected chi connectivity index (χ2v) is 6.92. The fraction of sp³-hybridized carbons (Fsp3) is 0.217. The van der Waals surface area contributed by atoms with E-state index in [4.69, 9.17) is 4.42 Å². The largest absolute Gasteiger partial charge is 0.463 e. The van der Waals surface area contributed by atoms with Gasteiger partial charge in [0.25, 0.3) is 5.91 Å². The number of carbonyl (C=O) groups is 2. The molecule has 3 rings (SSSR count). The average molecular weight is 392 g/mol. The molecule has 2 aromatic carbocycles. The molecule has 6 heteroatoms. The van der Waals surface area contributed by atoms with Gasteiger partial charge in [-0.1, -0.05) is 42.5 Å². The van der Waals surface area contributed by atoms with Gasteiger partial charge in [-0.2, -0.15) is 0 Å². The van der Waals surface area contributed by atoms with Gasteiger partial charge in [0.1, 0.15) is 0 Å². The van der Waals surface area contributed by atoms with E-state index in [1.54, 1.807) is 6.26 Å². The third-order valence-electron chi connectivity index (χ3n) is 4.87. The molecule has 1 aromatic heterocycles. The van der Waals surface area contributed by atoms with Crippen molar-refractivity contribution in [2.45, 2.75) is 19.9 Å². The van der Waals surface area contributed by atoms with Crippen molar-refractivity contribution in [1.82, 2.24) is 5.32 Å². The van der Waals surface area contributed by atoms with Crippen LogP contribution in [-0.4, -0.2) is 24.9 Å². The lowest BCUT2D eigenvalue weighted by Gasteiger charge is -2.14. The highest BCUT2D eigenvalue weighted by molar-refractivity contribution is 5.95. The highest BCUT2D eigenvalue weighted by atomic mass is 16.3. The second-order valence-electron chi connectivity index (χ2n) is 6.92. The van der Waals surface area contributed by atoms with E-state index in [9.17, 15) is 9.59 Å². The summed E-state index contributed by atoms with van der Waals surface area (Å²) in [6, 6.07) is 19.2. The fourth-order valence-corrected chi connectivity index (χ4v) is 3.10. The molecule has 2 amide bonds. The maximum Gasteiger partial charge on any atom is 0.275 e. The lowest BCUT2D eigenvalue weighted by Crippen LogP contribution is -2.87. The summed E-state index contributed by atoms with van der Waals surface area (Å²) in [5.74, 6) is 0.308. The molecule has 4 N–H and O–H groups in total. The molecular weight excluding hydrogens is 366 g/mol. The number of nitrogens with one attached hydrogen (secondary N) is 2. The number of anilines is 1. The van der Waals surface area contributed by atoms with Crippen LogP contribution in [0.1, 0.15) is 28.5 Å². The summed E-state index contributed by atoms with van der Waals surface area (Å²) < 4.78 is 5.54. The summed E-state index contributed by atoms with van der Waals surface area (Å²) in [4.78, 5) is 24.4. The Hall–Kier alpha value is -3.38. The molecule has 0 saturated heterocycles. The topological polar surface area (TPSA) is 88.0 Å². The van der Waals surface area contributed by atoms with Gasteiger partial charge in [0.05, 0.1) is 12.8 Å². The van der Waals surface area contributed by atoms with E-state index in [-0.39, 0.29) is 30.9 Å². The maximum atomic E-state index is 12.3. The average Bonchev–Trinajstić information content (AvgIpc) is 3.25. The summed E-state index contributed by atoms with van der Waals surface area (Å²) in [6.07, 6.45) is 1.62. The molecule has 6 nitrogen and oxygen atoms in total. The van der Waals surface area contributed by atoms with Gasteiger partial charge in [-0.05, 0) is 43.2 Å². The van der Waals surface area contributed by atoms with Crippen molar-refractivity contribution < 1.29 is 19.3 Å². The number of rotatable bonds is 8. The van der Waals surface area contributed by atoms with Gasteiger partial charge in [-0.15, -0.1) is 0 Å². The molecule has 1 heterocycles. The van der Waals surface area contributed by atoms with E-state index < -0.39 is 0 Å². The third kappa shape index (κ3) is 5.56. The number of benzene rings is 2. The first-order valence-electron chi connectivity index (χ1n) is 9.59. The molecule has 0 aliphatic heterocycles. The number of nitrogens with two attached hydrogens (primary N) is 1. The standard InChI is InChI=1S/C23H25N3O3/c1-16-8-6-11-19(17(16)2)26-22(28)15-24-21(27)14-25-23(20-12-7-13-29-20)18-9-4-3-5-10-18/h3-13,23,25H,14-15H2,1-2H3,(H,24,27)(H,26,28)/p+1/t23-/m1/s1. The molecule has 0 bridgehead atoms. The number of quaternary nitrogens is 1. The van der Waals surface area contributed by atoms with Gasteiger partial charge in [0.15, 0.2) is 18.3 Å². The number of aryl methyl sites for hydroxylation is 1. The summed E-state index contributed by atoms with van der Waals surface area (Å²) in [7, 11) is 0. The van der Waals surface area contributed by atoms with E-state index in [1.807, 2.05) is 79.8 Å². The zero-order valence-corrected chi connectivity index (χ0v) is 16.6. The Morgan fingerprint density at radius 3 is 2.48 bits per heavy atom. The molecule has 0 spiro atoms. The Balaban J connectivity index is 1.52. The first kappa shape index (κ1) is 20.4. The fourth-order valence-electron chi connectivity index (χ4n) is 3.10. The van der Waals surface area contributed by atoms with Crippen LogP contribution >= 0.6 is 0 Å². The molecule has 150 valence electrons. The van der Waals surface area contributed by atoms with Crippen LogP contribution in [0.2, 0.25) is 0 Å². The van der Waals surface area contributed by atoms with E-state index in [0.717, 1.165) is 28.1 Å². The lowest BCUT2D eigenvalue weighted by atomic mass is 10.0. The van der Waals surface area contributed by atoms with Crippen LogP contribution in [0.4, 0.5) is 5.69 Å². The van der Waals surface area contributed by atoms with Gasteiger partial charge in [-0.25, -0.2) is 0 Å². The van der Waals surface area contributed by atoms with Crippen molar-refractivity contribution in [3.05, 3.63) is 89.4 Å². The molecule has 0 aliphatic carbocycles. The number of amides is 2. The molecule has 0 radical (unpaired) electrons. The maximum absolute atomic E-state index is 12.3. The summed E-state index contributed by atoms with van der Waals surface area (Å²) in [5.41, 5.74) is 3.93. The molecular formula is C23H26N3O3+. The van der Waals surface area contributed by atoms with Gasteiger partial charge in [0, 0.05) is 11.3 Å². The zero-order chi connectivity index (χ0) is 20.6. The van der Waals surface area contributed by atoms with Gasteiger partial charge in [-0.3, -0.25) is 9.59 Å². The summed E-state index contributed by atoms with van der Waals surface area (Å²) in [6.45, 7) is 4.05. The quantitative estimate of drug-likeness (QED) is 0.550. The minimum atomic E-state index is -0.252. The van der Waals surface area contributed by atoms with Gasteiger partial charge >= 0.3 is 0 Å². The van der Waals surface area contributed by atoms with Crippen LogP contribution in [0.5, 0.6) is 0 Å². The lowest BCUT2D eigenvalue weighted by molar-refractivity contribution is -0.678. The summed E-state index contributed by atoms with van der Waals surface area (Å²) in [5, 5.41) is 7.41. The smallest absolute Gasteiger partial charge is 0.275 e. The third-order valence-corrected chi connectivity index (χ3v) is 4.87. The van der Waals surface area contributed by atoms with Crippen molar-refractivity contribution in [2.75, 3.05) is 18.4 Å². The van der Waals surface area contributed by atoms with Crippen molar-refractivity contribution in [1.29, 1.82) is 0 Å². The van der Waals surface area contributed by atoms with E-state index >= 15 is 0 Å². The Bertz CT molecular complexity index is 953. The van der Waals surface area contributed by atoms with Crippen molar-refractivity contribution in [2.24, 2.45) is 0 Å². The minimum absolute atomic E-state index is 0.0726. The molecule has 0 fully saturated rings. The molecule has 0 aliphatic rings. The number of hydrogen-bond donors (Lipinski definition) is 3. The normalized spacial score (nSPS) is 11.7. The second kappa shape index (κ2) is 9.71. The number of carbonyl (C=O) groups excluding carboxylic acids is 2. The van der Waals surface area contributed by atoms with Crippen LogP contribution in [0.3, 0.4) is 0 Å². The highest BCUT2D eigenvalue weighted by Crippen LogP contribution is 2.18. The number of hydrogen-bond acceptors (Lipinski definition) is 3. The Morgan fingerprint density at radius 2 is 1.76 bits per heavy atom. The van der Waals surface area contributed by atoms with Gasteiger partial charge < -0.3 is 20.4 Å². The van der Waals surface area contributed by atoms with Crippen LogP contribution in [0.15, 0.2) is 71.3 Å². The molecule has 3 aromatic rings. The van der Waals surface area contributed by atoms with Crippen molar-refractivity contribution in [3.8, 4) is 0 Å². The first-order chi connectivity index (χ1) is 14.0. The zero-order valence-electron chi connectivity index (χ0n) is 16.6. The van der Waals surface area contributed by atoms with Crippen molar-refractivity contribution in [3.63, 3.8) is 0 Å².